The Hall–Kier alpha value is -3.69. The van der Waals surface area contributed by atoms with E-state index in [1.807, 2.05) is 6.92 Å². The van der Waals surface area contributed by atoms with Crippen LogP contribution in [0.1, 0.15) is 32.8 Å². The number of hydrogen-bond donors (Lipinski definition) is 1. The third-order valence-corrected chi connectivity index (χ3v) is 4.46. The fourth-order valence-corrected chi connectivity index (χ4v) is 2.67. The minimum Gasteiger partial charge on any atom is -0.479 e. The number of aromatic nitrogens is 2. The van der Waals surface area contributed by atoms with E-state index >= 15 is 0 Å². The normalized spacial score (nSPS) is 16.3. The van der Waals surface area contributed by atoms with E-state index in [1.54, 1.807) is 32.1 Å². The van der Waals surface area contributed by atoms with E-state index < -0.39 is 23.2 Å². The largest absolute Gasteiger partial charge is 0.479 e. The van der Waals surface area contributed by atoms with E-state index in [0.29, 0.717) is 6.42 Å². The topological polar surface area (TPSA) is 123 Å². The van der Waals surface area contributed by atoms with Crippen LogP contribution in [0.5, 0.6) is 5.88 Å². The molecular formula is C21H26N4O6. The Morgan fingerprint density at radius 1 is 1.06 bits per heavy atom. The van der Waals surface area contributed by atoms with Gasteiger partial charge < -0.3 is 9.47 Å². The smallest absolute Gasteiger partial charge is 0.353 e. The maximum absolute atomic E-state index is 12.5. The van der Waals surface area contributed by atoms with Gasteiger partial charge in [-0.15, -0.1) is 0 Å². The van der Waals surface area contributed by atoms with Gasteiger partial charge in [0, 0.05) is 14.1 Å². The zero-order valence-electron chi connectivity index (χ0n) is 18.2. The molecule has 1 aliphatic heterocycles. The molecule has 0 spiro atoms. The number of carbonyl (C=O) groups excluding carboxylic acids is 2. The zero-order chi connectivity index (χ0) is 23.1. The van der Waals surface area contributed by atoms with Gasteiger partial charge in [-0.25, -0.2) is 9.59 Å². The number of amides is 3. The van der Waals surface area contributed by atoms with Crippen LogP contribution in [0.15, 0.2) is 44.0 Å². The summed E-state index contributed by atoms with van der Waals surface area (Å²) in [6.07, 6.45) is 7.02. The summed E-state index contributed by atoms with van der Waals surface area (Å²) >= 11 is 0. The van der Waals surface area contributed by atoms with E-state index in [1.165, 1.54) is 20.2 Å². The van der Waals surface area contributed by atoms with Crippen molar-refractivity contribution in [2.24, 2.45) is 12.0 Å². The lowest BCUT2D eigenvalue weighted by atomic mass is 10.1. The van der Waals surface area contributed by atoms with Crippen LogP contribution in [0, 0.1) is 0 Å². The number of H-pyrrole nitrogens is 1. The maximum Gasteiger partial charge on any atom is 0.353 e. The highest BCUT2D eigenvalue weighted by atomic mass is 16.5. The van der Waals surface area contributed by atoms with Gasteiger partial charge in [0.15, 0.2) is 0 Å². The van der Waals surface area contributed by atoms with Gasteiger partial charge in [-0.3, -0.25) is 24.0 Å². The quantitative estimate of drug-likeness (QED) is 0.520. The molecule has 0 bridgehead atoms. The van der Waals surface area contributed by atoms with Gasteiger partial charge in [0.05, 0.1) is 13.2 Å². The summed E-state index contributed by atoms with van der Waals surface area (Å²) in [6, 6.07) is -0.692. The summed E-state index contributed by atoms with van der Waals surface area (Å²) in [5.41, 5.74) is 0.0562. The second kappa shape index (κ2) is 10.4. The number of imide groups is 1. The third kappa shape index (κ3) is 5.27. The summed E-state index contributed by atoms with van der Waals surface area (Å²) < 4.78 is 11.7. The molecule has 10 nitrogen and oxygen atoms in total. The van der Waals surface area contributed by atoms with E-state index in [-0.39, 0.29) is 36.1 Å². The molecule has 31 heavy (non-hydrogen) atoms. The van der Waals surface area contributed by atoms with Gasteiger partial charge in [0.25, 0.3) is 11.5 Å². The summed E-state index contributed by atoms with van der Waals surface area (Å²) in [5, 5.41) is 0. The number of nitrogens with one attached hydrogen (secondary N) is 1. The molecule has 2 heterocycles. The first-order valence-electron chi connectivity index (χ1n) is 9.83. The van der Waals surface area contributed by atoms with Crippen LogP contribution in [-0.2, 0) is 16.6 Å². The predicted molar refractivity (Wildman–Crippen MR) is 116 cm³/mol. The summed E-state index contributed by atoms with van der Waals surface area (Å²) in [6.45, 7) is 5.90. The summed E-state index contributed by atoms with van der Waals surface area (Å²) in [7, 11) is 2.71. The first kappa shape index (κ1) is 23.6. The molecule has 0 fully saturated rings. The highest BCUT2D eigenvalue weighted by molar-refractivity contribution is 6.27. The molecule has 166 valence electrons. The van der Waals surface area contributed by atoms with Crippen LogP contribution in [0.25, 0.3) is 6.08 Å². The van der Waals surface area contributed by atoms with Crippen molar-refractivity contribution in [1.29, 1.82) is 0 Å². The van der Waals surface area contributed by atoms with Gasteiger partial charge in [-0.2, -0.15) is 4.99 Å². The van der Waals surface area contributed by atoms with Crippen molar-refractivity contribution in [3.63, 3.8) is 0 Å². The molecule has 0 aliphatic carbocycles. The summed E-state index contributed by atoms with van der Waals surface area (Å²) in [4.78, 5) is 55.8. The Labute approximate surface area is 179 Å². The number of allylic oxidation sites excluding steroid dienone is 4. The number of nitrogens with zero attached hydrogens (tertiary/aromatic N) is 3. The Morgan fingerprint density at radius 3 is 2.35 bits per heavy atom. The number of likely N-dealkylation sites (N-methyl/N-ethyl adjacent to an activating group) is 1. The van der Waals surface area contributed by atoms with Crippen molar-refractivity contribution in [2.75, 3.05) is 20.3 Å². The van der Waals surface area contributed by atoms with Crippen molar-refractivity contribution in [1.82, 2.24) is 14.5 Å². The van der Waals surface area contributed by atoms with Gasteiger partial charge >= 0.3 is 11.7 Å². The van der Waals surface area contributed by atoms with Crippen molar-refractivity contribution in [3.8, 4) is 5.88 Å². The molecule has 0 unspecified atom stereocenters. The first-order valence-corrected chi connectivity index (χ1v) is 9.83. The number of ether oxygens (including phenoxy) is 2. The lowest BCUT2D eigenvalue weighted by Gasteiger charge is -2.21. The molecule has 0 radical (unpaired) electrons. The molecule has 1 aromatic heterocycles. The molecule has 1 aliphatic rings. The third-order valence-electron chi connectivity index (χ3n) is 4.46. The summed E-state index contributed by atoms with van der Waals surface area (Å²) in [5.74, 6) is -0.458. The first-order chi connectivity index (χ1) is 14.7. The molecule has 2 rings (SSSR count). The molecule has 3 amide bonds. The highest BCUT2D eigenvalue weighted by Gasteiger charge is 2.30. The number of aliphatic imine (C=N–C) groups is 1. The Bertz CT molecular complexity index is 1100. The molecule has 10 heteroatoms. The molecule has 1 N–H and O–H groups in total. The van der Waals surface area contributed by atoms with Crippen molar-refractivity contribution >= 4 is 23.9 Å². The van der Waals surface area contributed by atoms with Crippen LogP contribution < -0.4 is 16.0 Å². The second-order valence-electron chi connectivity index (χ2n) is 6.48. The minimum atomic E-state index is -0.692. The van der Waals surface area contributed by atoms with Crippen LogP contribution in [0.2, 0.25) is 0 Å². The molecule has 0 saturated carbocycles. The Kier molecular flexibility index (Phi) is 7.89. The zero-order valence-corrected chi connectivity index (χ0v) is 18.2. The van der Waals surface area contributed by atoms with Crippen molar-refractivity contribution in [2.45, 2.75) is 27.2 Å². The molecule has 0 saturated heterocycles. The SMILES string of the molecule is CCOC1=NC(=O)N(C)C(=O)C1=CC=C(C=Cc1c(OCC)[nH]c(=O)n(C)c1=O)CC. The predicted octanol–water partition coefficient (Wildman–Crippen LogP) is 1.78. The van der Waals surface area contributed by atoms with Crippen LogP contribution in [-0.4, -0.2) is 52.5 Å². The van der Waals surface area contributed by atoms with E-state index in [4.69, 9.17) is 9.47 Å². The maximum atomic E-state index is 12.5. The van der Waals surface area contributed by atoms with Gasteiger partial charge in [0.2, 0.25) is 11.8 Å². The van der Waals surface area contributed by atoms with E-state index in [2.05, 4.69) is 9.98 Å². The lowest BCUT2D eigenvalue weighted by Crippen LogP contribution is -2.39. The minimum absolute atomic E-state index is 0.0283. The van der Waals surface area contributed by atoms with Gasteiger partial charge in [-0.05, 0) is 38.0 Å². The monoisotopic (exact) mass is 430 g/mol. The number of aromatic amines is 1. The molecule has 0 atom stereocenters. The van der Waals surface area contributed by atoms with E-state index in [0.717, 1.165) is 15.0 Å². The van der Waals surface area contributed by atoms with Gasteiger partial charge in [-0.1, -0.05) is 19.1 Å². The average Bonchev–Trinajstić information content (AvgIpc) is 2.74. The molecular weight excluding hydrogens is 404 g/mol. The number of hydrogen-bond acceptors (Lipinski definition) is 6. The van der Waals surface area contributed by atoms with Crippen LogP contribution >= 0.6 is 0 Å². The fraction of sp³-hybridized carbons (Fsp3) is 0.381. The molecule has 1 aromatic rings. The van der Waals surface area contributed by atoms with Crippen LogP contribution in [0.3, 0.4) is 0 Å². The standard InChI is InChI=1S/C21H26N4O6/c1-6-13(9-11-14-16(30-7-2)22-20(28)24(4)18(14)26)10-12-15-17(31-8-3)23-21(29)25(5)19(15)27/h9-12H,6-8H2,1-5H3,(H,22,28). The number of rotatable bonds is 7. The highest BCUT2D eigenvalue weighted by Crippen LogP contribution is 2.16. The average molecular weight is 430 g/mol. The van der Waals surface area contributed by atoms with Gasteiger partial charge in [0.1, 0.15) is 11.1 Å². The Morgan fingerprint density at radius 2 is 1.74 bits per heavy atom. The number of carbonyl (C=O) groups is 2. The molecule has 0 aromatic carbocycles. The lowest BCUT2D eigenvalue weighted by molar-refractivity contribution is -0.123. The van der Waals surface area contributed by atoms with Crippen molar-refractivity contribution in [3.05, 3.63) is 55.8 Å². The fourth-order valence-electron chi connectivity index (χ4n) is 2.67. The Balaban J connectivity index is 2.46. The van der Waals surface area contributed by atoms with E-state index in [9.17, 15) is 19.2 Å². The van der Waals surface area contributed by atoms with Crippen LogP contribution in [0.4, 0.5) is 4.79 Å². The second-order valence-corrected chi connectivity index (χ2v) is 6.48. The number of urea groups is 1. The van der Waals surface area contributed by atoms with Crippen molar-refractivity contribution < 1.29 is 19.1 Å².